The number of rotatable bonds is 3. The van der Waals surface area contributed by atoms with E-state index in [0.717, 1.165) is 6.07 Å². The van der Waals surface area contributed by atoms with E-state index in [4.69, 9.17) is 17.3 Å². The number of anilines is 1. The Kier molecular flexibility index (Phi) is 4.32. The highest BCUT2D eigenvalue weighted by atomic mass is 35.5. The van der Waals surface area contributed by atoms with Crippen LogP contribution in [0, 0.1) is 5.82 Å². The number of nitrogens with one attached hydrogen (secondary N) is 1. The maximum Gasteiger partial charge on any atom is 0.262 e. The zero-order valence-electron chi connectivity index (χ0n) is 14.2. The fourth-order valence-electron chi connectivity index (χ4n) is 3.24. The van der Waals surface area contributed by atoms with E-state index in [1.807, 2.05) is 0 Å². The molecule has 1 saturated heterocycles. The van der Waals surface area contributed by atoms with Gasteiger partial charge in [0.25, 0.3) is 5.92 Å². The molecule has 0 spiro atoms. The van der Waals surface area contributed by atoms with E-state index < -0.39 is 39.6 Å². The molecule has 28 heavy (non-hydrogen) atoms. The highest BCUT2D eigenvalue weighted by molar-refractivity contribution is 7.89. The minimum atomic E-state index is -4.23. The molecule has 0 atom stereocenters. The van der Waals surface area contributed by atoms with Gasteiger partial charge in [0.2, 0.25) is 10.0 Å². The molecule has 0 bridgehead atoms. The molecule has 1 aliphatic heterocycles. The molecule has 1 fully saturated rings. The SMILES string of the molecule is Nc1n[nH]c2ccc(-c3ccc(S(=O)(=O)N4CCC(F)(F)C4)cc3F)c(Cl)c12. The molecule has 4 rings (SSSR count). The number of hydrogen-bond donors (Lipinski definition) is 2. The van der Waals surface area contributed by atoms with Crippen molar-refractivity contribution in [2.45, 2.75) is 17.2 Å². The average molecular weight is 431 g/mol. The van der Waals surface area contributed by atoms with Gasteiger partial charge in [-0.25, -0.2) is 21.6 Å². The second-order valence-corrected chi connectivity index (χ2v) is 8.86. The van der Waals surface area contributed by atoms with Gasteiger partial charge in [0, 0.05) is 24.1 Å². The Hall–Kier alpha value is -2.30. The molecular weight excluding hydrogens is 417 g/mol. The number of nitrogen functional groups attached to an aromatic ring is 1. The van der Waals surface area contributed by atoms with E-state index in [2.05, 4.69) is 10.2 Å². The Labute approximate surface area is 163 Å². The van der Waals surface area contributed by atoms with E-state index in [9.17, 15) is 21.6 Å². The summed E-state index contributed by atoms with van der Waals surface area (Å²) in [7, 11) is -4.23. The van der Waals surface area contributed by atoms with Gasteiger partial charge in [0.1, 0.15) is 5.82 Å². The molecule has 0 aliphatic carbocycles. The lowest BCUT2D eigenvalue weighted by Gasteiger charge is -2.17. The summed E-state index contributed by atoms with van der Waals surface area (Å²) >= 11 is 6.34. The maximum atomic E-state index is 14.8. The monoisotopic (exact) mass is 430 g/mol. The molecular formula is C17H14ClF3N4O2S. The van der Waals surface area contributed by atoms with Crippen LogP contribution in [0.25, 0.3) is 22.0 Å². The summed E-state index contributed by atoms with van der Waals surface area (Å²) in [6.45, 7) is -1.23. The van der Waals surface area contributed by atoms with Crippen LogP contribution in [0.5, 0.6) is 0 Å². The lowest BCUT2D eigenvalue weighted by molar-refractivity contribution is 0.0183. The predicted octanol–water partition coefficient (Wildman–Crippen LogP) is 3.63. The van der Waals surface area contributed by atoms with Crippen molar-refractivity contribution in [2.24, 2.45) is 0 Å². The minimum absolute atomic E-state index is 0.0539. The van der Waals surface area contributed by atoms with Crippen molar-refractivity contribution in [2.75, 3.05) is 18.8 Å². The predicted molar refractivity (Wildman–Crippen MR) is 99.2 cm³/mol. The van der Waals surface area contributed by atoms with Crippen LogP contribution in [-0.2, 0) is 10.0 Å². The second kappa shape index (κ2) is 6.36. The first-order chi connectivity index (χ1) is 13.1. The summed E-state index contributed by atoms with van der Waals surface area (Å²) in [6.07, 6.45) is -0.561. The van der Waals surface area contributed by atoms with Crippen molar-refractivity contribution in [1.29, 1.82) is 0 Å². The van der Waals surface area contributed by atoms with Gasteiger partial charge in [0.15, 0.2) is 5.82 Å². The topological polar surface area (TPSA) is 92.1 Å². The number of fused-ring (bicyclic) bond motifs is 1. The number of alkyl halides is 2. The minimum Gasteiger partial charge on any atom is -0.382 e. The third-order valence-electron chi connectivity index (χ3n) is 4.70. The number of benzene rings is 2. The number of halogens is 4. The summed E-state index contributed by atoms with van der Waals surface area (Å²) in [5.41, 5.74) is 6.69. The van der Waals surface area contributed by atoms with Gasteiger partial charge in [-0.1, -0.05) is 23.7 Å². The molecule has 6 nitrogen and oxygen atoms in total. The van der Waals surface area contributed by atoms with Gasteiger partial charge in [-0.15, -0.1) is 0 Å². The zero-order valence-corrected chi connectivity index (χ0v) is 15.8. The molecule has 2 aromatic carbocycles. The summed E-state index contributed by atoms with van der Waals surface area (Å²) in [5.74, 6) is -3.79. The third kappa shape index (κ3) is 3.01. The van der Waals surface area contributed by atoms with Crippen LogP contribution >= 0.6 is 11.6 Å². The summed E-state index contributed by atoms with van der Waals surface area (Å²) < 4.78 is 67.3. The van der Waals surface area contributed by atoms with Crippen molar-refractivity contribution >= 4 is 38.3 Å². The third-order valence-corrected chi connectivity index (χ3v) is 6.93. The molecule has 3 aromatic rings. The van der Waals surface area contributed by atoms with Crippen molar-refractivity contribution in [3.8, 4) is 11.1 Å². The largest absolute Gasteiger partial charge is 0.382 e. The first-order valence-corrected chi connectivity index (χ1v) is 10.0. The number of H-pyrrole nitrogens is 1. The smallest absolute Gasteiger partial charge is 0.262 e. The number of aromatic amines is 1. The lowest BCUT2D eigenvalue weighted by atomic mass is 10.0. The average Bonchev–Trinajstić information content (AvgIpc) is 3.19. The van der Waals surface area contributed by atoms with Crippen molar-refractivity contribution in [3.05, 3.63) is 41.2 Å². The van der Waals surface area contributed by atoms with E-state index in [1.165, 1.54) is 12.1 Å². The fraction of sp³-hybridized carbons (Fsp3) is 0.235. The summed E-state index contributed by atoms with van der Waals surface area (Å²) in [5, 5.41) is 7.12. The summed E-state index contributed by atoms with van der Waals surface area (Å²) in [6, 6.07) is 6.40. The van der Waals surface area contributed by atoms with Gasteiger partial charge >= 0.3 is 0 Å². The summed E-state index contributed by atoms with van der Waals surface area (Å²) in [4.78, 5) is -0.397. The Balaban J connectivity index is 1.75. The van der Waals surface area contributed by atoms with Crippen molar-refractivity contribution in [1.82, 2.24) is 14.5 Å². The molecule has 3 N–H and O–H groups in total. The second-order valence-electron chi connectivity index (χ2n) is 6.54. The van der Waals surface area contributed by atoms with Crippen LogP contribution in [0.4, 0.5) is 19.0 Å². The first-order valence-electron chi connectivity index (χ1n) is 8.20. The Morgan fingerprint density at radius 2 is 1.93 bits per heavy atom. The van der Waals surface area contributed by atoms with E-state index in [1.54, 1.807) is 12.1 Å². The highest BCUT2D eigenvalue weighted by Gasteiger charge is 2.43. The van der Waals surface area contributed by atoms with Crippen LogP contribution in [0.1, 0.15) is 6.42 Å². The Bertz CT molecular complexity index is 1200. The van der Waals surface area contributed by atoms with E-state index in [-0.39, 0.29) is 22.9 Å². The fourth-order valence-corrected chi connectivity index (χ4v) is 5.08. The molecule has 148 valence electrons. The van der Waals surface area contributed by atoms with Crippen molar-refractivity contribution < 1.29 is 21.6 Å². The van der Waals surface area contributed by atoms with Crippen molar-refractivity contribution in [3.63, 3.8) is 0 Å². The number of sulfonamides is 1. The molecule has 2 heterocycles. The number of nitrogens with two attached hydrogens (primary N) is 1. The van der Waals surface area contributed by atoms with Gasteiger partial charge < -0.3 is 5.73 Å². The van der Waals surface area contributed by atoms with Crippen LogP contribution < -0.4 is 5.73 Å². The number of nitrogens with zero attached hydrogens (tertiary/aromatic N) is 2. The van der Waals surface area contributed by atoms with E-state index >= 15 is 0 Å². The van der Waals surface area contributed by atoms with Gasteiger partial charge in [-0.05, 0) is 18.2 Å². The highest BCUT2D eigenvalue weighted by Crippen LogP contribution is 2.38. The van der Waals surface area contributed by atoms with Crippen LogP contribution in [-0.4, -0.2) is 41.9 Å². The Morgan fingerprint density at radius 1 is 1.21 bits per heavy atom. The standard InChI is InChI=1S/C17H14ClF3N4O2S/c18-15-11(3-4-13-14(15)16(22)24-23-13)10-2-1-9(7-12(10)19)28(26,27)25-6-5-17(20,21)8-25/h1-4,7H,5-6,8H2,(H3,22,23,24). The normalized spacial score (nSPS) is 17.4. The first kappa shape index (κ1) is 19.0. The molecule has 1 aromatic heterocycles. The van der Waals surface area contributed by atoms with Crippen LogP contribution in [0.15, 0.2) is 35.2 Å². The number of hydrogen-bond acceptors (Lipinski definition) is 4. The van der Waals surface area contributed by atoms with Gasteiger partial charge in [0.05, 0.1) is 27.4 Å². The van der Waals surface area contributed by atoms with Crippen LogP contribution in [0.3, 0.4) is 0 Å². The van der Waals surface area contributed by atoms with Gasteiger partial charge in [-0.3, -0.25) is 5.10 Å². The molecule has 11 heteroatoms. The molecule has 0 saturated carbocycles. The van der Waals surface area contributed by atoms with E-state index in [0.29, 0.717) is 20.8 Å². The Morgan fingerprint density at radius 3 is 2.57 bits per heavy atom. The van der Waals surface area contributed by atoms with Crippen LogP contribution in [0.2, 0.25) is 5.02 Å². The number of aromatic nitrogens is 2. The molecule has 0 radical (unpaired) electrons. The maximum absolute atomic E-state index is 14.8. The lowest BCUT2D eigenvalue weighted by Crippen LogP contribution is -2.31. The molecule has 0 unspecified atom stereocenters. The molecule has 0 amide bonds. The zero-order chi connectivity index (χ0) is 20.3. The quantitative estimate of drug-likeness (QED) is 0.663. The molecule has 1 aliphatic rings. The van der Waals surface area contributed by atoms with Gasteiger partial charge in [-0.2, -0.15) is 9.40 Å².